The predicted octanol–water partition coefficient (Wildman–Crippen LogP) is 4.45. The van der Waals surface area contributed by atoms with Crippen molar-refractivity contribution in [3.63, 3.8) is 0 Å². The first-order valence-corrected chi connectivity index (χ1v) is 10.0. The standard InChI is InChI=1S/C22H20N4O2S/c1-25(2)21(27)19(16-10-5-3-6-11-16)29-22-24-23-20(18-14-9-15-28-18)26(22)17-12-7-4-8-13-17/h3-15,19H,1-2H3/t19-/m0/s1. The van der Waals surface area contributed by atoms with Crippen LogP contribution in [0.15, 0.2) is 88.6 Å². The normalized spacial score (nSPS) is 11.9. The molecule has 2 heterocycles. The van der Waals surface area contributed by atoms with Crippen molar-refractivity contribution in [1.29, 1.82) is 0 Å². The van der Waals surface area contributed by atoms with Crippen molar-refractivity contribution in [2.45, 2.75) is 10.4 Å². The molecule has 2 aromatic carbocycles. The minimum atomic E-state index is -0.442. The molecular formula is C22H20N4O2S. The highest BCUT2D eigenvalue weighted by molar-refractivity contribution is 8.00. The number of aromatic nitrogens is 3. The summed E-state index contributed by atoms with van der Waals surface area (Å²) in [7, 11) is 3.52. The number of nitrogens with zero attached hydrogens (tertiary/aromatic N) is 4. The Hall–Kier alpha value is -3.32. The first kappa shape index (κ1) is 19.0. The lowest BCUT2D eigenvalue weighted by Crippen LogP contribution is -2.27. The van der Waals surface area contributed by atoms with Crippen LogP contribution in [0, 0.1) is 0 Å². The summed E-state index contributed by atoms with van der Waals surface area (Å²) in [6.45, 7) is 0. The van der Waals surface area contributed by atoms with Gasteiger partial charge in [-0.2, -0.15) is 0 Å². The van der Waals surface area contributed by atoms with E-state index in [2.05, 4.69) is 10.2 Å². The Kier molecular flexibility index (Phi) is 5.48. The number of rotatable bonds is 6. The number of benzene rings is 2. The Labute approximate surface area is 173 Å². The molecule has 0 N–H and O–H groups in total. The Morgan fingerprint density at radius 3 is 2.28 bits per heavy atom. The summed E-state index contributed by atoms with van der Waals surface area (Å²) in [6, 6.07) is 23.2. The summed E-state index contributed by atoms with van der Waals surface area (Å²) in [6.07, 6.45) is 1.61. The molecule has 0 fully saturated rings. The summed E-state index contributed by atoms with van der Waals surface area (Å²) < 4.78 is 7.48. The van der Waals surface area contributed by atoms with E-state index in [1.54, 1.807) is 25.3 Å². The zero-order valence-corrected chi connectivity index (χ0v) is 16.9. The van der Waals surface area contributed by atoms with Crippen LogP contribution in [-0.2, 0) is 4.79 Å². The number of thioether (sulfide) groups is 1. The maximum Gasteiger partial charge on any atom is 0.240 e. The summed E-state index contributed by atoms with van der Waals surface area (Å²) in [5, 5.41) is 8.94. The molecule has 6 nitrogen and oxygen atoms in total. The molecule has 0 aliphatic rings. The van der Waals surface area contributed by atoms with Gasteiger partial charge < -0.3 is 9.32 Å². The third kappa shape index (κ3) is 3.95. The van der Waals surface area contributed by atoms with Crippen LogP contribution < -0.4 is 0 Å². The summed E-state index contributed by atoms with van der Waals surface area (Å²) in [5.74, 6) is 1.19. The first-order valence-electron chi connectivity index (χ1n) is 9.12. The number of amides is 1. The van der Waals surface area contributed by atoms with Gasteiger partial charge in [-0.3, -0.25) is 9.36 Å². The topological polar surface area (TPSA) is 64.2 Å². The molecule has 7 heteroatoms. The third-order valence-electron chi connectivity index (χ3n) is 4.38. The van der Waals surface area contributed by atoms with E-state index in [1.807, 2.05) is 77.4 Å². The zero-order valence-electron chi connectivity index (χ0n) is 16.1. The van der Waals surface area contributed by atoms with Gasteiger partial charge in [0, 0.05) is 19.8 Å². The van der Waals surface area contributed by atoms with Crippen LogP contribution in [0.5, 0.6) is 0 Å². The highest BCUT2D eigenvalue weighted by atomic mass is 32.2. The fourth-order valence-electron chi connectivity index (χ4n) is 2.95. The van der Waals surface area contributed by atoms with Crippen LogP contribution in [0.25, 0.3) is 17.3 Å². The second-order valence-electron chi connectivity index (χ2n) is 6.60. The molecule has 0 spiro atoms. The minimum Gasteiger partial charge on any atom is -0.461 e. The molecule has 2 aromatic heterocycles. The summed E-state index contributed by atoms with van der Waals surface area (Å²) >= 11 is 1.37. The highest BCUT2D eigenvalue weighted by Gasteiger charge is 2.28. The number of likely N-dealkylation sites (N-methyl/N-ethyl adjacent to an activating group) is 1. The lowest BCUT2D eigenvalue weighted by molar-refractivity contribution is -0.128. The van der Waals surface area contributed by atoms with Crippen molar-refractivity contribution in [2.24, 2.45) is 0 Å². The van der Waals surface area contributed by atoms with Crippen LogP contribution in [0.4, 0.5) is 0 Å². The molecule has 29 heavy (non-hydrogen) atoms. The molecule has 0 radical (unpaired) electrons. The van der Waals surface area contributed by atoms with E-state index in [0.717, 1.165) is 11.3 Å². The third-order valence-corrected chi connectivity index (χ3v) is 5.56. The van der Waals surface area contributed by atoms with Gasteiger partial charge >= 0.3 is 0 Å². The Bertz CT molecular complexity index is 1080. The first-order chi connectivity index (χ1) is 14.1. The second-order valence-corrected chi connectivity index (χ2v) is 7.67. The average molecular weight is 404 g/mol. The molecule has 0 aliphatic carbocycles. The highest BCUT2D eigenvalue weighted by Crippen LogP contribution is 2.38. The fourth-order valence-corrected chi connectivity index (χ4v) is 4.15. The van der Waals surface area contributed by atoms with Crippen LogP contribution in [-0.4, -0.2) is 39.7 Å². The predicted molar refractivity (Wildman–Crippen MR) is 113 cm³/mol. The van der Waals surface area contributed by atoms with Crippen LogP contribution in [0.3, 0.4) is 0 Å². The van der Waals surface area contributed by atoms with Crippen molar-refractivity contribution in [3.05, 3.63) is 84.6 Å². The van der Waals surface area contributed by atoms with Gasteiger partial charge in [0.2, 0.25) is 11.7 Å². The van der Waals surface area contributed by atoms with Gasteiger partial charge in [-0.05, 0) is 29.8 Å². The number of hydrogen-bond donors (Lipinski definition) is 0. The van der Waals surface area contributed by atoms with Gasteiger partial charge in [-0.25, -0.2) is 0 Å². The van der Waals surface area contributed by atoms with Crippen molar-refractivity contribution in [2.75, 3.05) is 14.1 Å². The quantitative estimate of drug-likeness (QED) is 0.444. The largest absolute Gasteiger partial charge is 0.461 e. The smallest absolute Gasteiger partial charge is 0.240 e. The van der Waals surface area contributed by atoms with Gasteiger partial charge in [0.15, 0.2) is 10.9 Å². The van der Waals surface area contributed by atoms with Gasteiger partial charge in [-0.1, -0.05) is 60.3 Å². The maximum absolute atomic E-state index is 13.0. The van der Waals surface area contributed by atoms with E-state index in [1.165, 1.54) is 11.8 Å². The number of hydrogen-bond acceptors (Lipinski definition) is 5. The van der Waals surface area contributed by atoms with E-state index in [4.69, 9.17) is 4.42 Å². The van der Waals surface area contributed by atoms with Crippen molar-refractivity contribution >= 4 is 17.7 Å². The lowest BCUT2D eigenvalue weighted by atomic mass is 10.1. The Morgan fingerprint density at radius 2 is 1.66 bits per heavy atom. The summed E-state index contributed by atoms with van der Waals surface area (Å²) in [4.78, 5) is 14.6. The number of para-hydroxylation sites is 1. The van der Waals surface area contributed by atoms with Gasteiger partial charge in [0.1, 0.15) is 5.25 Å². The SMILES string of the molecule is CN(C)C(=O)[C@@H](Sc1nnc(-c2ccco2)n1-c1ccccc1)c1ccccc1. The second kappa shape index (κ2) is 8.36. The van der Waals surface area contributed by atoms with Crippen LogP contribution >= 0.6 is 11.8 Å². The van der Waals surface area contributed by atoms with Gasteiger partial charge in [0.25, 0.3) is 0 Å². The van der Waals surface area contributed by atoms with E-state index in [9.17, 15) is 4.79 Å². The molecule has 4 rings (SSSR count). The Balaban J connectivity index is 1.81. The lowest BCUT2D eigenvalue weighted by Gasteiger charge is -2.20. The van der Waals surface area contributed by atoms with Gasteiger partial charge in [-0.15, -0.1) is 10.2 Å². The summed E-state index contributed by atoms with van der Waals surface area (Å²) in [5.41, 5.74) is 1.81. The van der Waals surface area contributed by atoms with E-state index in [0.29, 0.717) is 16.7 Å². The van der Waals surface area contributed by atoms with E-state index < -0.39 is 5.25 Å². The van der Waals surface area contributed by atoms with Crippen LogP contribution in [0.1, 0.15) is 10.8 Å². The maximum atomic E-state index is 13.0. The monoisotopic (exact) mass is 404 g/mol. The minimum absolute atomic E-state index is 0.0108. The fraction of sp³-hybridized carbons (Fsp3) is 0.136. The molecule has 0 saturated heterocycles. The number of furan rings is 1. The molecule has 0 bridgehead atoms. The van der Waals surface area contributed by atoms with Crippen molar-refractivity contribution in [3.8, 4) is 17.3 Å². The molecule has 1 atom stereocenters. The molecule has 0 unspecified atom stereocenters. The molecule has 4 aromatic rings. The number of carbonyl (C=O) groups is 1. The zero-order chi connectivity index (χ0) is 20.2. The molecule has 0 aliphatic heterocycles. The molecule has 0 saturated carbocycles. The van der Waals surface area contributed by atoms with E-state index >= 15 is 0 Å². The molecule has 1 amide bonds. The van der Waals surface area contributed by atoms with Crippen LogP contribution in [0.2, 0.25) is 0 Å². The van der Waals surface area contributed by atoms with Crippen molar-refractivity contribution < 1.29 is 9.21 Å². The average Bonchev–Trinajstić information content (AvgIpc) is 3.42. The van der Waals surface area contributed by atoms with Crippen molar-refractivity contribution in [1.82, 2.24) is 19.7 Å². The van der Waals surface area contributed by atoms with E-state index in [-0.39, 0.29) is 5.91 Å². The molecular weight excluding hydrogens is 384 g/mol. The molecule has 146 valence electrons. The Morgan fingerprint density at radius 1 is 0.966 bits per heavy atom. The van der Waals surface area contributed by atoms with Gasteiger partial charge in [0.05, 0.1) is 6.26 Å². The number of carbonyl (C=O) groups excluding carboxylic acids is 1.